The van der Waals surface area contributed by atoms with E-state index >= 15 is 0 Å². The first kappa shape index (κ1) is 12.9. The number of anilines is 1. The van der Waals surface area contributed by atoms with Gasteiger partial charge in [-0.3, -0.25) is 0 Å². The Balaban J connectivity index is 3.20. The number of halogens is 1. The Morgan fingerprint density at radius 2 is 2.12 bits per heavy atom. The van der Waals surface area contributed by atoms with Crippen LogP contribution in [0.4, 0.5) is 5.69 Å². The predicted molar refractivity (Wildman–Crippen MR) is 68.9 cm³/mol. The lowest BCUT2D eigenvalue weighted by Crippen LogP contribution is -2.32. The number of hydrogen-bond acceptors (Lipinski definition) is 2. The minimum atomic E-state index is 0.413. The summed E-state index contributed by atoms with van der Waals surface area (Å²) in [5.41, 5.74) is 1.51. The van der Waals surface area contributed by atoms with Crippen molar-refractivity contribution in [1.82, 2.24) is 0 Å². The van der Waals surface area contributed by atoms with Crippen LogP contribution in [0.5, 0.6) is 0 Å². The normalized spacial score (nSPS) is 11.9. The van der Waals surface area contributed by atoms with E-state index < -0.39 is 0 Å². The minimum Gasteiger partial charge on any atom is -0.368 e. The Labute approximate surface area is 102 Å². The van der Waals surface area contributed by atoms with E-state index in [1.54, 1.807) is 6.07 Å². The summed E-state index contributed by atoms with van der Waals surface area (Å²) in [5.74, 6) is 0. The van der Waals surface area contributed by atoms with Gasteiger partial charge in [-0.25, -0.2) is 0 Å². The molecule has 1 unspecified atom stereocenters. The van der Waals surface area contributed by atoms with Gasteiger partial charge >= 0.3 is 0 Å². The van der Waals surface area contributed by atoms with Gasteiger partial charge in [0.25, 0.3) is 0 Å². The van der Waals surface area contributed by atoms with Gasteiger partial charge in [0.15, 0.2) is 0 Å². The maximum Gasteiger partial charge on any atom is 0.103 e. The molecule has 0 heterocycles. The molecule has 0 aliphatic carbocycles. The molecule has 0 N–H and O–H groups in total. The summed E-state index contributed by atoms with van der Waals surface area (Å²) in [5, 5.41) is 9.67. The molecular weight excluding hydrogens is 220 g/mol. The fourth-order valence-electron chi connectivity index (χ4n) is 1.80. The average molecular weight is 237 g/mol. The second-order valence-corrected chi connectivity index (χ2v) is 4.20. The Bertz CT molecular complexity index is 395. The van der Waals surface area contributed by atoms with Crippen LogP contribution in [-0.2, 0) is 0 Å². The molecule has 16 heavy (non-hydrogen) atoms. The third kappa shape index (κ3) is 2.48. The Hall–Kier alpha value is -1.20. The van der Waals surface area contributed by atoms with E-state index in [4.69, 9.17) is 16.9 Å². The molecular formula is C13H17ClN2. The van der Waals surface area contributed by atoms with Crippen molar-refractivity contribution < 1.29 is 0 Å². The van der Waals surface area contributed by atoms with Crippen molar-refractivity contribution >= 4 is 17.3 Å². The lowest BCUT2D eigenvalue weighted by molar-refractivity contribution is 0.629. The minimum absolute atomic E-state index is 0.413. The SMILES string of the molecule is CCC(C)N(CC)c1cccc(Cl)c1C#N. The van der Waals surface area contributed by atoms with Gasteiger partial charge in [-0.1, -0.05) is 24.6 Å². The van der Waals surface area contributed by atoms with Crippen LogP contribution in [0.1, 0.15) is 32.8 Å². The van der Waals surface area contributed by atoms with E-state index in [2.05, 4.69) is 31.7 Å². The highest BCUT2D eigenvalue weighted by Gasteiger charge is 2.16. The third-order valence-electron chi connectivity index (χ3n) is 2.88. The first-order valence-electron chi connectivity index (χ1n) is 5.60. The molecule has 0 bridgehead atoms. The van der Waals surface area contributed by atoms with E-state index in [1.165, 1.54) is 0 Å². The van der Waals surface area contributed by atoms with Gasteiger partial charge in [-0.2, -0.15) is 5.26 Å². The van der Waals surface area contributed by atoms with Crippen LogP contribution in [0.15, 0.2) is 18.2 Å². The highest BCUT2D eigenvalue weighted by molar-refractivity contribution is 6.32. The molecule has 0 saturated heterocycles. The molecule has 1 atom stereocenters. The molecule has 1 aromatic carbocycles. The smallest absolute Gasteiger partial charge is 0.103 e. The Morgan fingerprint density at radius 3 is 2.62 bits per heavy atom. The molecule has 0 saturated carbocycles. The van der Waals surface area contributed by atoms with Gasteiger partial charge in [0.05, 0.1) is 16.3 Å². The Kier molecular flexibility index (Phi) is 4.64. The van der Waals surface area contributed by atoms with Crippen LogP contribution in [-0.4, -0.2) is 12.6 Å². The van der Waals surface area contributed by atoms with Gasteiger partial charge < -0.3 is 4.90 Å². The fraction of sp³-hybridized carbons (Fsp3) is 0.462. The van der Waals surface area contributed by atoms with Crippen LogP contribution in [0.2, 0.25) is 5.02 Å². The van der Waals surface area contributed by atoms with Crippen molar-refractivity contribution in [2.24, 2.45) is 0 Å². The van der Waals surface area contributed by atoms with Crippen molar-refractivity contribution in [3.05, 3.63) is 28.8 Å². The van der Waals surface area contributed by atoms with Crippen LogP contribution in [0.3, 0.4) is 0 Å². The summed E-state index contributed by atoms with van der Waals surface area (Å²) < 4.78 is 0. The highest BCUT2D eigenvalue weighted by Crippen LogP contribution is 2.28. The lowest BCUT2D eigenvalue weighted by Gasteiger charge is -2.30. The summed E-state index contributed by atoms with van der Waals surface area (Å²) >= 11 is 6.03. The second-order valence-electron chi connectivity index (χ2n) is 3.79. The monoisotopic (exact) mass is 236 g/mol. The van der Waals surface area contributed by atoms with E-state index in [0.29, 0.717) is 16.6 Å². The highest BCUT2D eigenvalue weighted by atomic mass is 35.5. The first-order valence-corrected chi connectivity index (χ1v) is 5.98. The van der Waals surface area contributed by atoms with Gasteiger partial charge in [-0.15, -0.1) is 0 Å². The summed E-state index contributed by atoms with van der Waals surface area (Å²) in [6, 6.07) is 8.21. The molecule has 0 aromatic heterocycles. The van der Waals surface area contributed by atoms with Gasteiger partial charge in [0.1, 0.15) is 6.07 Å². The van der Waals surface area contributed by atoms with Gasteiger partial charge in [0.2, 0.25) is 0 Å². The van der Waals surface area contributed by atoms with Crippen LogP contribution in [0, 0.1) is 11.3 Å². The topological polar surface area (TPSA) is 27.0 Å². The number of rotatable bonds is 4. The Morgan fingerprint density at radius 1 is 1.44 bits per heavy atom. The zero-order valence-electron chi connectivity index (χ0n) is 10.00. The molecule has 1 rings (SSSR count). The second kappa shape index (κ2) is 5.77. The number of hydrogen-bond donors (Lipinski definition) is 0. The van der Waals surface area contributed by atoms with E-state index in [-0.39, 0.29) is 0 Å². The van der Waals surface area contributed by atoms with Crippen LogP contribution in [0.25, 0.3) is 0 Å². The number of benzene rings is 1. The van der Waals surface area contributed by atoms with Crippen LogP contribution >= 0.6 is 11.6 Å². The van der Waals surface area contributed by atoms with Crippen LogP contribution < -0.4 is 4.90 Å². The van der Waals surface area contributed by atoms with E-state index in [0.717, 1.165) is 18.7 Å². The molecule has 3 heteroatoms. The number of nitrogens with zero attached hydrogens (tertiary/aromatic N) is 2. The first-order chi connectivity index (χ1) is 7.65. The molecule has 86 valence electrons. The van der Waals surface area contributed by atoms with Crippen molar-refractivity contribution in [3.8, 4) is 6.07 Å². The summed E-state index contributed by atoms with van der Waals surface area (Å²) in [7, 11) is 0. The van der Waals surface area contributed by atoms with E-state index in [9.17, 15) is 0 Å². The lowest BCUT2D eigenvalue weighted by atomic mass is 10.1. The molecule has 1 aromatic rings. The molecule has 2 nitrogen and oxygen atoms in total. The fourth-order valence-corrected chi connectivity index (χ4v) is 2.01. The molecule has 0 amide bonds. The third-order valence-corrected chi connectivity index (χ3v) is 3.19. The zero-order valence-corrected chi connectivity index (χ0v) is 10.8. The molecule has 0 fully saturated rings. The summed E-state index contributed by atoms with van der Waals surface area (Å²) in [6.45, 7) is 7.27. The van der Waals surface area contributed by atoms with Gasteiger partial charge in [0, 0.05) is 12.6 Å². The van der Waals surface area contributed by atoms with Crippen molar-refractivity contribution in [1.29, 1.82) is 5.26 Å². The van der Waals surface area contributed by atoms with Crippen molar-refractivity contribution in [3.63, 3.8) is 0 Å². The summed E-state index contributed by atoms with van der Waals surface area (Å²) in [4.78, 5) is 2.21. The molecule has 0 radical (unpaired) electrons. The largest absolute Gasteiger partial charge is 0.368 e. The molecule has 0 aliphatic rings. The summed E-state index contributed by atoms with van der Waals surface area (Å²) in [6.07, 6.45) is 1.05. The van der Waals surface area contributed by atoms with E-state index in [1.807, 2.05) is 12.1 Å². The number of nitriles is 1. The standard InChI is InChI=1S/C13H17ClN2/c1-4-10(3)16(5-2)13-8-6-7-12(14)11(13)9-15/h6-8,10H,4-5H2,1-3H3. The maximum absolute atomic E-state index is 9.14. The van der Waals surface area contributed by atoms with Gasteiger partial charge in [-0.05, 0) is 32.4 Å². The molecule has 0 spiro atoms. The average Bonchev–Trinajstić information content (AvgIpc) is 2.30. The zero-order chi connectivity index (χ0) is 12.1. The molecule has 0 aliphatic heterocycles. The predicted octanol–water partition coefficient (Wildman–Crippen LogP) is 3.84. The van der Waals surface area contributed by atoms with Crippen molar-refractivity contribution in [2.45, 2.75) is 33.2 Å². The quantitative estimate of drug-likeness (QED) is 0.794. The maximum atomic E-state index is 9.14. The van der Waals surface area contributed by atoms with Crippen molar-refractivity contribution in [2.75, 3.05) is 11.4 Å².